The number of halogens is 1. The third-order valence-electron chi connectivity index (χ3n) is 3.70. The van der Waals surface area contributed by atoms with Crippen LogP contribution in [-0.2, 0) is 4.79 Å². The number of hydrogen-bond acceptors (Lipinski definition) is 3. The minimum atomic E-state index is -0.310. The number of hydrogen-bond donors (Lipinski definition) is 1. The van der Waals surface area contributed by atoms with Gasteiger partial charge in [-0.1, -0.05) is 18.2 Å². The summed E-state index contributed by atoms with van der Waals surface area (Å²) in [7, 11) is 0. The molecule has 0 aliphatic carbocycles. The van der Waals surface area contributed by atoms with Crippen molar-refractivity contribution in [3.05, 3.63) is 35.6 Å². The summed E-state index contributed by atoms with van der Waals surface area (Å²) in [5.41, 5.74) is 0.566. The summed E-state index contributed by atoms with van der Waals surface area (Å²) >= 11 is 1.92. The zero-order valence-electron chi connectivity index (χ0n) is 10.6. The van der Waals surface area contributed by atoms with Gasteiger partial charge in [-0.2, -0.15) is 11.8 Å². The van der Waals surface area contributed by atoms with Crippen molar-refractivity contribution in [2.75, 3.05) is 18.8 Å². The lowest BCUT2D eigenvalue weighted by molar-refractivity contribution is -0.128. The number of amides is 1. The van der Waals surface area contributed by atoms with Crippen molar-refractivity contribution in [1.29, 1.82) is 0 Å². The highest BCUT2D eigenvalue weighted by Gasteiger charge is 2.35. The number of thioether (sulfide) groups is 1. The third-order valence-corrected chi connectivity index (χ3v) is 5.08. The Hall–Kier alpha value is -1.07. The van der Waals surface area contributed by atoms with E-state index in [1.165, 1.54) is 18.2 Å². The van der Waals surface area contributed by atoms with E-state index in [1.807, 2.05) is 17.8 Å². The topological polar surface area (TPSA) is 32.3 Å². The number of nitrogens with zero attached hydrogens (tertiary/aromatic N) is 1. The fourth-order valence-electron chi connectivity index (χ4n) is 2.73. The molecule has 2 aliphatic rings. The second-order valence-electron chi connectivity index (χ2n) is 4.99. The summed E-state index contributed by atoms with van der Waals surface area (Å²) in [4.78, 5) is 13.8. The highest BCUT2D eigenvalue weighted by atomic mass is 32.2. The van der Waals surface area contributed by atoms with Gasteiger partial charge in [0, 0.05) is 17.4 Å². The van der Waals surface area contributed by atoms with Gasteiger partial charge in [0.15, 0.2) is 0 Å². The van der Waals surface area contributed by atoms with Crippen LogP contribution in [0.15, 0.2) is 24.3 Å². The van der Waals surface area contributed by atoms with Gasteiger partial charge in [0.2, 0.25) is 5.91 Å². The van der Waals surface area contributed by atoms with Gasteiger partial charge in [-0.25, -0.2) is 4.39 Å². The van der Waals surface area contributed by atoms with E-state index in [2.05, 4.69) is 5.32 Å². The second kappa shape index (κ2) is 5.51. The molecule has 2 heterocycles. The van der Waals surface area contributed by atoms with Crippen LogP contribution < -0.4 is 5.32 Å². The molecular weight excluding hydrogens is 263 g/mol. The minimum Gasteiger partial charge on any atom is -0.321 e. The average Bonchev–Trinajstić information content (AvgIpc) is 3.03. The number of nitrogens with one attached hydrogen (secondary N) is 1. The monoisotopic (exact) mass is 280 g/mol. The Kier molecular flexibility index (Phi) is 3.75. The van der Waals surface area contributed by atoms with Crippen LogP contribution in [0.2, 0.25) is 0 Å². The maximum Gasteiger partial charge on any atom is 0.238 e. The predicted molar refractivity (Wildman–Crippen MR) is 74.3 cm³/mol. The molecular formula is C14H17FN2OS. The number of carbonyl (C=O) groups is 1. The van der Waals surface area contributed by atoms with E-state index in [-0.39, 0.29) is 17.9 Å². The fraction of sp³-hybridized carbons (Fsp3) is 0.500. The molecule has 0 saturated carbocycles. The highest BCUT2D eigenvalue weighted by molar-refractivity contribution is 8.00. The fourth-order valence-corrected chi connectivity index (χ4v) is 4.00. The molecule has 2 aliphatic heterocycles. The maximum absolute atomic E-state index is 13.9. The van der Waals surface area contributed by atoms with Gasteiger partial charge in [-0.05, 0) is 24.7 Å². The summed E-state index contributed by atoms with van der Waals surface area (Å²) in [5, 5.41) is 3.61. The predicted octanol–water partition coefficient (Wildman–Crippen LogP) is 2.15. The lowest BCUT2D eigenvalue weighted by Crippen LogP contribution is -2.35. The van der Waals surface area contributed by atoms with Crippen molar-refractivity contribution in [3.63, 3.8) is 0 Å². The second-order valence-corrected chi connectivity index (χ2v) is 6.39. The Balaban J connectivity index is 1.79. The Morgan fingerprint density at radius 3 is 3.00 bits per heavy atom. The zero-order chi connectivity index (χ0) is 13.2. The largest absolute Gasteiger partial charge is 0.321 e. The standard InChI is InChI=1S/C14H17FN2OS/c15-12-6-2-1-5-11(12)14-16-8-13(18)17(14)9-10-4-3-7-19-10/h1-2,5-6,10,14,16H,3-4,7-9H2. The van der Waals surface area contributed by atoms with Crippen LogP contribution >= 0.6 is 11.8 Å². The van der Waals surface area contributed by atoms with Gasteiger partial charge in [0.1, 0.15) is 12.0 Å². The zero-order valence-corrected chi connectivity index (χ0v) is 11.5. The van der Waals surface area contributed by atoms with E-state index >= 15 is 0 Å². The highest BCUT2D eigenvalue weighted by Crippen LogP contribution is 2.31. The summed E-state index contributed by atoms with van der Waals surface area (Å²) in [6.45, 7) is 1.02. The summed E-state index contributed by atoms with van der Waals surface area (Å²) < 4.78 is 13.9. The third kappa shape index (κ3) is 2.62. The van der Waals surface area contributed by atoms with Gasteiger partial charge in [0.05, 0.1) is 6.54 Å². The first-order valence-corrected chi connectivity index (χ1v) is 7.69. The molecule has 1 aromatic rings. The van der Waals surface area contributed by atoms with Crippen molar-refractivity contribution in [2.24, 2.45) is 0 Å². The summed E-state index contributed by atoms with van der Waals surface area (Å²) in [6, 6.07) is 6.68. The van der Waals surface area contributed by atoms with E-state index in [0.29, 0.717) is 17.4 Å². The Morgan fingerprint density at radius 1 is 1.42 bits per heavy atom. The van der Waals surface area contributed by atoms with Gasteiger partial charge in [0.25, 0.3) is 0 Å². The Labute approximate surface area is 116 Å². The molecule has 0 aromatic heterocycles. The molecule has 2 unspecified atom stereocenters. The molecule has 2 fully saturated rings. The Morgan fingerprint density at radius 2 is 2.26 bits per heavy atom. The first-order chi connectivity index (χ1) is 9.25. The van der Waals surface area contributed by atoms with Crippen LogP contribution in [0.5, 0.6) is 0 Å². The van der Waals surface area contributed by atoms with Crippen LogP contribution in [0, 0.1) is 5.82 Å². The Bertz CT molecular complexity index is 476. The average molecular weight is 280 g/mol. The quantitative estimate of drug-likeness (QED) is 0.921. The van der Waals surface area contributed by atoms with Gasteiger partial charge in [-0.15, -0.1) is 0 Å². The van der Waals surface area contributed by atoms with E-state index < -0.39 is 0 Å². The molecule has 3 rings (SSSR count). The first-order valence-electron chi connectivity index (χ1n) is 6.64. The summed E-state index contributed by atoms with van der Waals surface area (Å²) in [6.07, 6.45) is 2.06. The normalized spacial score (nSPS) is 27.2. The van der Waals surface area contributed by atoms with E-state index in [0.717, 1.165) is 13.0 Å². The first kappa shape index (κ1) is 12.9. The lowest BCUT2D eigenvalue weighted by atomic mass is 10.1. The van der Waals surface area contributed by atoms with Crippen LogP contribution in [0.3, 0.4) is 0 Å². The van der Waals surface area contributed by atoms with Crippen molar-refractivity contribution < 1.29 is 9.18 Å². The lowest BCUT2D eigenvalue weighted by Gasteiger charge is -2.27. The molecule has 1 amide bonds. The van der Waals surface area contributed by atoms with E-state index in [9.17, 15) is 9.18 Å². The van der Waals surface area contributed by atoms with Crippen LogP contribution in [0.25, 0.3) is 0 Å². The van der Waals surface area contributed by atoms with Crippen molar-refractivity contribution in [3.8, 4) is 0 Å². The molecule has 1 N–H and O–H groups in total. The van der Waals surface area contributed by atoms with Crippen molar-refractivity contribution >= 4 is 17.7 Å². The SMILES string of the molecule is O=C1CNC(c2ccccc2F)N1CC1CCCS1. The molecule has 0 bridgehead atoms. The molecule has 102 valence electrons. The molecule has 0 radical (unpaired) electrons. The number of benzene rings is 1. The van der Waals surface area contributed by atoms with E-state index in [1.54, 1.807) is 17.0 Å². The molecule has 1 aromatic carbocycles. The molecule has 5 heteroatoms. The van der Waals surface area contributed by atoms with Gasteiger partial charge < -0.3 is 4.90 Å². The molecule has 2 atom stereocenters. The van der Waals surface area contributed by atoms with Gasteiger partial charge in [-0.3, -0.25) is 10.1 Å². The van der Waals surface area contributed by atoms with Crippen LogP contribution in [0.4, 0.5) is 4.39 Å². The van der Waals surface area contributed by atoms with E-state index in [4.69, 9.17) is 0 Å². The van der Waals surface area contributed by atoms with Crippen molar-refractivity contribution in [1.82, 2.24) is 10.2 Å². The number of rotatable bonds is 3. The van der Waals surface area contributed by atoms with Crippen molar-refractivity contribution in [2.45, 2.75) is 24.3 Å². The summed E-state index contributed by atoms with van der Waals surface area (Å²) in [5.74, 6) is 0.990. The number of carbonyl (C=O) groups excluding carboxylic acids is 1. The smallest absolute Gasteiger partial charge is 0.238 e. The molecule has 0 spiro atoms. The maximum atomic E-state index is 13.9. The molecule has 19 heavy (non-hydrogen) atoms. The molecule has 2 saturated heterocycles. The van der Waals surface area contributed by atoms with Crippen LogP contribution in [-0.4, -0.2) is 34.9 Å². The van der Waals surface area contributed by atoms with Crippen LogP contribution in [0.1, 0.15) is 24.6 Å². The van der Waals surface area contributed by atoms with Gasteiger partial charge >= 0.3 is 0 Å². The molecule has 3 nitrogen and oxygen atoms in total. The minimum absolute atomic E-state index is 0.0701.